The van der Waals surface area contributed by atoms with Crippen molar-refractivity contribution in [2.75, 3.05) is 6.61 Å². The maximum Gasteiger partial charge on any atom is 0.459 e. The van der Waals surface area contributed by atoms with Crippen LogP contribution in [0.3, 0.4) is 0 Å². The lowest BCUT2D eigenvalue weighted by Crippen LogP contribution is -2.60. The van der Waals surface area contributed by atoms with Gasteiger partial charge in [-0.05, 0) is 39.8 Å². The normalized spacial score (nSPS) is 29.0. The lowest BCUT2D eigenvalue weighted by Gasteiger charge is -2.45. The SMILES string of the molecule is CC(C)OC(=O)[C@H](C)NP(=O)(OC[C@]12C[C@@H](C)OC(C1[O-])[C@H](n1ccc(=O)[nH]c1=O)O2)Oc1ccccc1. The molecule has 13 nitrogen and oxygen atoms in total. The summed E-state index contributed by atoms with van der Waals surface area (Å²) in [7, 11) is -4.28. The van der Waals surface area contributed by atoms with Crippen LogP contribution in [0.2, 0.25) is 0 Å². The third kappa shape index (κ3) is 6.09. The van der Waals surface area contributed by atoms with E-state index in [1.54, 1.807) is 51.1 Å². The highest BCUT2D eigenvalue weighted by atomic mass is 31.2. The van der Waals surface area contributed by atoms with E-state index in [2.05, 4.69) is 10.1 Å². The summed E-state index contributed by atoms with van der Waals surface area (Å²) in [5.74, 6) is -0.470. The molecule has 2 aliphatic rings. The number of para-hydroxylation sites is 1. The average Bonchev–Trinajstić information content (AvgIpc) is 2.99. The molecule has 0 spiro atoms. The number of hydrogen-bond acceptors (Lipinski definition) is 10. The average molecular weight is 552 g/mol. The van der Waals surface area contributed by atoms with Crippen molar-refractivity contribution in [1.29, 1.82) is 0 Å². The molecule has 3 heterocycles. The van der Waals surface area contributed by atoms with Crippen molar-refractivity contribution < 1.29 is 37.7 Å². The van der Waals surface area contributed by atoms with Crippen molar-refractivity contribution in [1.82, 2.24) is 14.6 Å². The molecule has 3 unspecified atom stereocenters. The minimum absolute atomic E-state index is 0.0720. The number of rotatable bonds is 10. The number of aromatic amines is 1. The van der Waals surface area contributed by atoms with Crippen LogP contribution in [0.4, 0.5) is 0 Å². The maximum atomic E-state index is 13.9. The molecule has 7 atom stereocenters. The van der Waals surface area contributed by atoms with Gasteiger partial charge in [-0.15, -0.1) is 0 Å². The highest BCUT2D eigenvalue weighted by Crippen LogP contribution is 2.50. The summed E-state index contributed by atoms with van der Waals surface area (Å²) in [6, 6.07) is 8.24. The first-order chi connectivity index (χ1) is 17.9. The van der Waals surface area contributed by atoms with Crippen molar-refractivity contribution in [3.63, 3.8) is 0 Å². The highest BCUT2D eigenvalue weighted by molar-refractivity contribution is 7.52. The van der Waals surface area contributed by atoms with Crippen LogP contribution in [-0.4, -0.2) is 58.2 Å². The second-order valence-electron chi connectivity index (χ2n) is 9.64. The molecular weight excluding hydrogens is 521 g/mol. The Morgan fingerprint density at radius 1 is 1.26 bits per heavy atom. The fourth-order valence-corrected chi connectivity index (χ4v) is 6.02. The molecule has 0 saturated carbocycles. The van der Waals surface area contributed by atoms with Gasteiger partial charge in [0.25, 0.3) is 5.56 Å². The third-order valence-electron chi connectivity index (χ3n) is 6.11. The van der Waals surface area contributed by atoms with Crippen molar-refractivity contribution in [3.05, 3.63) is 63.4 Å². The largest absolute Gasteiger partial charge is 0.848 e. The smallest absolute Gasteiger partial charge is 0.459 e. The Bertz CT molecular complexity index is 1300. The summed E-state index contributed by atoms with van der Waals surface area (Å²) in [5.41, 5.74) is -2.93. The van der Waals surface area contributed by atoms with Gasteiger partial charge < -0.3 is 23.8 Å². The Kier molecular flexibility index (Phi) is 8.26. The van der Waals surface area contributed by atoms with Gasteiger partial charge in [-0.25, -0.2) is 9.36 Å². The zero-order valence-electron chi connectivity index (χ0n) is 21.4. The number of fused-ring (bicyclic) bond motifs is 2. The van der Waals surface area contributed by atoms with Crippen LogP contribution in [0.1, 0.15) is 40.3 Å². The second kappa shape index (κ2) is 11.1. The summed E-state index contributed by atoms with van der Waals surface area (Å²) >= 11 is 0. The number of nitrogens with zero attached hydrogens (tertiary/aromatic N) is 1. The fraction of sp³-hybridized carbons (Fsp3) is 0.542. The first-order valence-corrected chi connectivity index (χ1v) is 13.7. The molecule has 2 N–H and O–H groups in total. The Balaban J connectivity index is 1.60. The van der Waals surface area contributed by atoms with Crippen LogP contribution in [0.25, 0.3) is 0 Å². The molecule has 2 aliphatic heterocycles. The number of H-pyrrole nitrogens is 1. The van der Waals surface area contributed by atoms with Gasteiger partial charge in [0.05, 0.1) is 30.5 Å². The van der Waals surface area contributed by atoms with E-state index >= 15 is 0 Å². The molecule has 2 fully saturated rings. The minimum atomic E-state index is -4.28. The minimum Gasteiger partial charge on any atom is -0.848 e. The summed E-state index contributed by atoms with van der Waals surface area (Å²) in [4.78, 5) is 38.5. The summed E-state index contributed by atoms with van der Waals surface area (Å²) in [5, 5.41) is 16.1. The molecule has 14 heteroatoms. The summed E-state index contributed by atoms with van der Waals surface area (Å²) in [6.45, 7) is 6.04. The lowest BCUT2D eigenvalue weighted by atomic mass is 9.87. The van der Waals surface area contributed by atoms with Crippen molar-refractivity contribution >= 4 is 13.7 Å². The number of carbonyl (C=O) groups excluding carboxylic acids is 1. The summed E-state index contributed by atoms with van der Waals surface area (Å²) in [6.07, 6.45) is -3.35. The third-order valence-corrected chi connectivity index (χ3v) is 7.73. The van der Waals surface area contributed by atoms with Crippen LogP contribution in [0.15, 0.2) is 52.2 Å². The quantitative estimate of drug-likeness (QED) is 0.316. The number of carbonyl (C=O) groups is 1. The molecule has 2 saturated heterocycles. The van der Waals surface area contributed by atoms with Gasteiger partial charge >= 0.3 is 19.4 Å². The molecule has 38 heavy (non-hydrogen) atoms. The highest BCUT2D eigenvalue weighted by Gasteiger charge is 2.56. The lowest BCUT2D eigenvalue weighted by molar-refractivity contribution is -0.467. The van der Waals surface area contributed by atoms with E-state index in [1.165, 1.54) is 13.1 Å². The zero-order chi connectivity index (χ0) is 27.7. The molecule has 4 rings (SSSR count). The van der Waals surface area contributed by atoms with E-state index in [0.29, 0.717) is 0 Å². The number of hydrogen-bond donors (Lipinski definition) is 2. The Morgan fingerprint density at radius 3 is 2.63 bits per heavy atom. The molecule has 2 bridgehead atoms. The molecule has 2 aromatic rings. The van der Waals surface area contributed by atoms with Crippen LogP contribution in [0.5, 0.6) is 5.75 Å². The van der Waals surface area contributed by atoms with Crippen molar-refractivity contribution in [2.45, 2.75) is 76.4 Å². The number of esters is 1. The monoisotopic (exact) mass is 552 g/mol. The number of aromatic nitrogens is 2. The van der Waals surface area contributed by atoms with Gasteiger partial charge in [-0.1, -0.05) is 24.3 Å². The number of benzene rings is 1. The van der Waals surface area contributed by atoms with E-state index in [9.17, 15) is 24.1 Å². The standard InChI is InChI=1S/C24H31N3O10P/c1-14(2)34-22(30)16(4)26-38(32,37-17-8-6-5-7-9-17)33-13-24-12-15(3)35-19(20(24)29)21(36-24)27-11-10-18(28)25-23(27)31/h5-11,14-16,19-21H,12-13H2,1-4H3,(H,26,32)(H,25,28,31)/q-1/t15-,16+,19?,20?,21-,24-,38?/m1/s1. The van der Waals surface area contributed by atoms with E-state index in [0.717, 1.165) is 10.6 Å². The zero-order valence-corrected chi connectivity index (χ0v) is 22.3. The van der Waals surface area contributed by atoms with Gasteiger partial charge in [0.1, 0.15) is 11.8 Å². The first-order valence-electron chi connectivity index (χ1n) is 12.2. The van der Waals surface area contributed by atoms with Crippen molar-refractivity contribution in [3.8, 4) is 5.75 Å². The fourth-order valence-electron chi connectivity index (χ4n) is 4.48. The van der Waals surface area contributed by atoms with Gasteiger partial charge in [0.2, 0.25) is 0 Å². The van der Waals surface area contributed by atoms with E-state index in [-0.39, 0.29) is 12.2 Å². The predicted molar refractivity (Wildman–Crippen MR) is 131 cm³/mol. The van der Waals surface area contributed by atoms with Crippen LogP contribution >= 0.6 is 7.75 Å². The second-order valence-corrected chi connectivity index (χ2v) is 11.3. The maximum absolute atomic E-state index is 13.9. The van der Waals surface area contributed by atoms with Crippen LogP contribution < -0.4 is 26.0 Å². The molecule has 0 aliphatic carbocycles. The van der Waals surface area contributed by atoms with Crippen LogP contribution in [0, 0.1) is 0 Å². The van der Waals surface area contributed by atoms with Crippen molar-refractivity contribution in [2.24, 2.45) is 0 Å². The topological polar surface area (TPSA) is 170 Å². The molecule has 1 aromatic heterocycles. The van der Waals surface area contributed by atoms with Gasteiger partial charge in [-0.3, -0.25) is 23.7 Å². The molecular formula is C24H31N3O10P-. The molecule has 0 amide bonds. The first kappa shape index (κ1) is 28.2. The van der Waals surface area contributed by atoms with E-state index in [1.807, 2.05) is 0 Å². The molecule has 0 radical (unpaired) electrons. The molecule has 208 valence electrons. The summed E-state index contributed by atoms with van der Waals surface area (Å²) < 4.78 is 43.5. The van der Waals surface area contributed by atoms with Gasteiger partial charge in [0.15, 0.2) is 6.23 Å². The van der Waals surface area contributed by atoms with E-state index < -0.39 is 73.9 Å². The van der Waals surface area contributed by atoms with Gasteiger partial charge in [0, 0.05) is 18.7 Å². The van der Waals surface area contributed by atoms with Gasteiger partial charge in [-0.2, -0.15) is 5.09 Å². The predicted octanol–water partition coefficient (Wildman–Crippen LogP) is 0.844. The van der Waals surface area contributed by atoms with E-state index in [4.69, 9.17) is 23.3 Å². The van der Waals surface area contributed by atoms with Crippen LogP contribution in [-0.2, 0) is 28.1 Å². The Labute approximate surface area is 218 Å². The number of ether oxygens (including phenoxy) is 3. The number of nitrogens with one attached hydrogen (secondary N) is 2. The Hall–Kier alpha value is -2.80. The Morgan fingerprint density at radius 2 is 1.97 bits per heavy atom. The molecule has 1 aromatic carbocycles.